The van der Waals surface area contributed by atoms with Crippen molar-refractivity contribution in [1.29, 1.82) is 0 Å². The van der Waals surface area contributed by atoms with Gasteiger partial charge < -0.3 is 9.32 Å². The van der Waals surface area contributed by atoms with E-state index >= 15 is 0 Å². The number of hydrogen-bond acceptors (Lipinski definition) is 2. The number of para-hydroxylation sites is 1. The summed E-state index contributed by atoms with van der Waals surface area (Å²) >= 11 is 0. The van der Waals surface area contributed by atoms with E-state index in [-0.39, 0.29) is 10.8 Å². The molecule has 7 aromatic rings. The molecule has 0 amide bonds. The Hall–Kier alpha value is -5.08. The predicted molar refractivity (Wildman–Crippen MR) is 228 cm³/mol. The van der Waals surface area contributed by atoms with Gasteiger partial charge in [-0.25, -0.2) is 0 Å². The Morgan fingerprint density at radius 1 is 0.564 bits per heavy atom. The van der Waals surface area contributed by atoms with Crippen LogP contribution in [0.5, 0.6) is 0 Å². The Balaban J connectivity index is 1.10. The summed E-state index contributed by atoms with van der Waals surface area (Å²) in [5.41, 5.74) is 17.8. The van der Waals surface area contributed by atoms with Gasteiger partial charge in [0.1, 0.15) is 11.2 Å². The van der Waals surface area contributed by atoms with E-state index in [0.717, 1.165) is 17.1 Å². The van der Waals surface area contributed by atoms with Crippen molar-refractivity contribution in [3.05, 3.63) is 150 Å². The molecule has 5 aliphatic rings. The third kappa shape index (κ3) is 4.32. The number of nitrogens with zero attached hydrogens (tertiary/aromatic N) is 1. The van der Waals surface area contributed by atoms with Crippen LogP contribution in [0.25, 0.3) is 44.2 Å². The van der Waals surface area contributed by atoms with E-state index in [4.69, 9.17) is 4.42 Å². The molecule has 5 aliphatic carbocycles. The van der Waals surface area contributed by atoms with E-state index < -0.39 is 0 Å². The Bertz CT molecular complexity index is 2640. The highest BCUT2D eigenvalue weighted by Gasteiger charge is 2.57. The maximum Gasteiger partial charge on any atom is 0.137 e. The van der Waals surface area contributed by atoms with E-state index in [9.17, 15) is 0 Å². The summed E-state index contributed by atoms with van der Waals surface area (Å²) in [6, 6.07) is 49.1. The number of hydrogen-bond donors (Lipinski definition) is 0. The van der Waals surface area contributed by atoms with Crippen LogP contribution in [-0.4, -0.2) is 0 Å². The third-order valence-corrected chi connectivity index (χ3v) is 15.4. The van der Waals surface area contributed by atoms with Crippen LogP contribution in [0.2, 0.25) is 0 Å². The number of rotatable bonds is 4. The Labute approximate surface area is 325 Å². The van der Waals surface area contributed by atoms with Crippen LogP contribution in [-0.2, 0) is 10.8 Å². The van der Waals surface area contributed by atoms with Gasteiger partial charge >= 0.3 is 0 Å². The molecule has 2 spiro atoms. The molecule has 0 aliphatic heterocycles. The molecule has 6 aromatic carbocycles. The summed E-state index contributed by atoms with van der Waals surface area (Å²) in [5.74, 6) is 2.28. The minimum absolute atomic E-state index is 0.0819. The molecule has 55 heavy (non-hydrogen) atoms. The highest BCUT2D eigenvalue weighted by atomic mass is 16.3. The van der Waals surface area contributed by atoms with Crippen molar-refractivity contribution < 1.29 is 4.42 Å². The van der Waals surface area contributed by atoms with Gasteiger partial charge in [-0.2, -0.15) is 0 Å². The minimum Gasteiger partial charge on any atom is -0.456 e. The van der Waals surface area contributed by atoms with Crippen LogP contribution in [0.3, 0.4) is 0 Å². The van der Waals surface area contributed by atoms with E-state index in [1.54, 1.807) is 16.7 Å². The van der Waals surface area contributed by atoms with E-state index in [0.29, 0.717) is 11.8 Å². The molecule has 0 N–H and O–H groups in total. The molecule has 2 bridgehead atoms. The molecule has 2 atom stereocenters. The first-order valence-electron chi connectivity index (χ1n) is 21.4. The monoisotopic (exact) mass is 715 g/mol. The average molecular weight is 716 g/mol. The highest BCUT2D eigenvalue weighted by molar-refractivity contribution is 6.13. The standard InChI is InChI=1S/C53H49NO/c1-2-34-30-35-14-12-15-36(31-34)53(35)45-20-8-5-17-40(45)43-32-37(25-27-46(43)53)54(48-21-13-23-50-51(48)42-18-6-9-22-49(42)55-50)38-24-26-41-39-16-4-7-19-44(39)52(47(41)33-38)28-10-3-11-29-52/h4-9,13,16-27,32-36H,2-3,10-12,14-15,28-31H2,1H3. The summed E-state index contributed by atoms with van der Waals surface area (Å²) in [4.78, 5) is 2.58. The average Bonchev–Trinajstić information content (AvgIpc) is 3.84. The second-order valence-corrected chi connectivity index (χ2v) is 17.7. The lowest BCUT2D eigenvalue weighted by atomic mass is 9.49. The third-order valence-electron chi connectivity index (χ3n) is 15.4. The van der Waals surface area contributed by atoms with Gasteiger partial charge in [0.15, 0.2) is 0 Å². The van der Waals surface area contributed by atoms with Crippen molar-refractivity contribution in [2.24, 2.45) is 17.8 Å². The number of furan rings is 1. The van der Waals surface area contributed by atoms with E-state index in [1.165, 1.54) is 126 Å². The van der Waals surface area contributed by atoms with Gasteiger partial charge in [0.2, 0.25) is 0 Å². The maximum atomic E-state index is 6.55. The van der Waals surface area contributed by atoms with Gasteiger partial charge in [-0.1, -0.05) is 124 Å². The fourth-order valence-electron chi connectivity index (χ4n) is 13.2. The minimum atomic E-state index is 0.0819. The normalized spacial score (nSPS) is 24.2. The van der Waals surface area contributed by atoms with Crippen molar-refractivity contribution >= 4 is 39.0 Å². The second kappa shape index (κ2) is 12.0. The molecule has 3 fully saturated rings. The lowest BCUT2D eigenvalue weighted by molar-refractivity contribution is 0.0492. The zero-order valence-electron chi connectivity index (χ0n) is 32.0. The van der Waals surface area contributed by atoms with Gasteiger partial charge in [-0.05, 0) is 143 Å². The molecular formula is C53H49NO. The predicted octanol–water partition coefficient (Wildman–Crippen LogP) is 14.8. The molecule has 1 aromatic heterocycles. The Kier molecular flexibility index (Phi) is 7.00. The molecule has 2 unspecified atom stereocenters. The lowest BCUT2D eigenvalue weighted by Gasteiger charge is -2.55. The summed E-state index contributed by atoms with van der Waals surface area (Å²) in [6.07, 6.45) is 14.5. The van der Waals surface area contributed by atoms with Gasteiger partial charge in [0, 0.05) is 27.6 Å². The van der Waals surface area contributed by atoms with Gasteiger partial charge in [0.05, 0.1) is 11.1 Å². The molecule has 0 saturated heterocycles. The van der Waals surface area contributed by atoms with Crippen molar-refractivity contribution in [3.63, 3.8) is 0 Å². The number of fused-ring (bicyclic) bond motifs is 11. The van der Waals surface area contributed by atoms with Crippen LogP contribution in [0.15, 0.2) is 132 Å². The maximum absolute atomic E-state index is 6.55. The molecule has 3 saturated carbocycles. The van der Waals surface area contributed by atoms with Crippen LogP contribution in [0, 0.1) is 17.8 Å². The topological polar surface area (TPSA) is 16.4 Å². The first kappa shape index (κ1) is 32.2. The molecule has 2 heteroatoms. The lowest BCUT2D eigenvalue weighted by Crippen LogP contribution is -2.49. The fraction of sp³-hybridized carbons (Fsp3) is 0.321. The quantitative estimate of drug-likeness (QED) is 0.180. The molecule has 272 valence electrons. The summed E-state index contributed by atoms with van der Waals surface area (Å²) in [5, 5.41) is 2.35. The van der Waals surface area contributed by atoms with Crippen LogP contribution < -0.4 is 4.90 Å². The van der Waals surface area contributed by atoms with Crippen LogP contribution in [0.4, 0.5) is 17.1 Å². The van der Waals surface area contributed by atoms with Crippen molar-refractivity contribution in [2.75, 3.05) is 4.90 Å². The highest BCUT2D eigenvalue weighted by Crippen LogP contribution is 2.66. The molecule has 12 rings (SSSR count). The summed E-state index contributed by atoms with van der Waals surface area (Å²) < 4.78 is 6.55. The second-order valence-electron chi connectivity index (χ2n) is 17.7. The Morgan fingerprint density at radius 2 is 1.22 bits per heavy atom. The largest absolute Gasteiger partial charge is 0.456 e. The van der Waals surface area contributed by atoms with Crippen molar-refractivity contribution in [3.8, 4) is 22.3 Å². The van der Waals surface area contributed by atoms with Crippen LogP contribution in [0.1, 0.15) is 99.8 Å². The van der Waals surface area contributed by atoms with Crippen LogP contribution >= 0.6 is 0 Å². The molecule has 2 nitrogen and oxygen atoms in total. The number of benzene rings is 6. The van der Waals surface area contributed by atoms with Crippen molar-refractivity contribution in [2.45, 2.75) is 88.4 Å². The first-order valence-corrected chi connectivity index (χ1v) is 21.4. The smallest absolute Gasteiger partial charge is 0.137 e. The van der Waals surface area contributed by atoms with E-state index in [1.807, 2.05) is 0 Å². The zero-order valence-corrected chi connectivity index (χ0v) is 32.0. The summed E-state index contributed by atoms with van der Waals surface area (Å²) in [7, 11) is 0. The molecule has 0 radical (unpaired) electrons. The van der Waals surface area contributed by atoms with Gasteiger partial charge in [0.25, 0.3) is 0 Å². The SMILES string of the molecule is CCC1CC2CCCC(C1)C21c2ccccc2-c2cc(N(c3ccc4c(c3)C3(CCCCC3)c3ccccc3-4)c3cccc4oc5ccccc5c34)ccc21. The van der Waals surface area contributed by atoms with Crippen molar-refractivity contribution in [1.82, 2.24) is 0 Å². The van der Waals surface area contributed by atoms with E-state index in [2.05, 4.69) is 139 Å². The number of anilines is 3. The molecular weight excluding hydrogens is 667 g/mol. The van der Waals surface area contributed by atoms with Gasteiger partial charge in [-0.15, -0.1) is 0 Å². The molecule has 1 heterocycles. The fourth-order valence-corrected chi connectivity index (χ4v) is 13.2. The summed E-state index contributed by atoms with van der Waals surface area (Å²) in [6.45, 7) is 2.42. The first-order chi connectivity index (χ1) is 27.2. The zero-order chi connectivity index (χ0) is 36.3. The Morgan fingerprint density at radius 3 is 2.04 bits per heavy atom. The van der Waals surface area contributed by atoms with Gasteiger partial charge in [-0.3, -0.25) is 0 Å².